The van der Waals surface area contributed by atoms with Crippen molar-refractivity contribution >= 4 is 0 Å². The van der Waals surface area contributed by atoms with Gasteiger partial charge in [0.2, 0.25) is 0 Å². The van der Waals surface area contributed by atoms with Crippen LogP contribution in [-0.2, 0) is 10.8 Å². The summed E-state index contributed by atoms with van der Waals surface area (Å²) in [7, 11) is 0. The van der Waals surface area contributed by atoms with Crippen molar-refractivity contribution in [1.82, 2.24) is 0 Å². The summed E-state index contributed by atoms with van der Waals surface area (Å²) in [6.45, 7) is 17.7. The van der Waals surface area contributed by atoms with Crippen LogP contribution in [0, 0.1) is 0 Å². The Morgan fingerprint density at radius 2 is 1.06 bits per heavy atom. The number of hydrogen-bond donors (Lipinski definition) is 0. The molecule has 0 aromatic heterocycles. The van der Waals surface area contributed by atoms with Crippen molar-refractivity contribution in [2.75, 3.05) is 0 Å². The van der Waals surface area contributed by atoms with Crippen LogP contribution in [0.1, 0.15) is 79.4 Å². The molecule has 0 N–H and O–H groups in total. The Hall–Kier alpha value is -0.780. The maximum Gasteiger partial charge on any atom is -0.00805 e. The van der Waals surface area contributed by atoms with Gasteiger partial charge < -0.3 is 0 Å². The normalized spacial score (nSPS) is 11.8. The molecule has 0 atom stereocenters. The molecule has 0 unspecified atom stereocenters. The molecule has 0 aliphatic heterocycles. The number of benzene rings is 1. The van der Waals surface area contributed by atoms with Crippen LogP contribution in [0.2, 0.25) is 0 Å². The quantitative estimate of drug-likeness (QED) is 0.607. The molecule has 0 spiro atoms. The zero-order chi connectivity index (χ0) is 14.4. The second kappa shape index (κ2) is 6.97. The topological polar surface area (TPSA) is 0 Å². The van der Waals surface area contributed by atoms with Gasteiger partial charge in [-0.25, -0.2) is 0 Å². The van der Waals surface area contributed by atoms with E-state index >= 15 is 0 Å². The van der Waals surface area contributed by atoms with Crippen molar-refractivity contribution in [3.05, 3.63) is 35.4 Å². The second-order valence-corrected chi connectivity index (χ2v) is 6.10. The van der Waals surface area contributed by atoms with Gasteiger partial charge >= 0.3 is 0 Å². The zero-order valence-electron chi connectivity index (χ0n) is 13.7. The molecule has 1 rings (SSSR count). The standard InChI is InChI=1S/C16H26.C2H6/c1-7-16(6,8-2)14-11-9-13(10-12-14)15(3,4)5;1-2/h9-12H,7-8H2,1-6H3;1-2H3. The smallest absolute Gasteiger partial charge is 0.00805 e. The van der Waals surface area contributed by atoms with E-state index in [4.69, 9.17) is 0 Å². The van der Waals surface area contributed by atoms with E-state index < -0.39 is 0 Å². The van der Waals surface area contributed by atoms with Gasteiger partial charge in [0.25, 0.3) is 0 Å². The molecule has 0 saturated heterocycles. The lowest BCUT2D eigenvalue weighted by Crippen LogP contribution is -2.20. The van der Waals surface area contributed by atoms with Crippen LogP contribution < -0.4 is 0 Å². The highest BCUT2D eigenvalue weighted by atomic mass is 14.3. The van der Waals surface area contributed by atoms with Crippen molar-refractivity contribution in [2.45, 2.75) is 79.1 Å². The summed E-state index contributed by atoms with van der Waals surface area (Å²) in [5.41, 5.74) is 3.50. The van der Waals surface area contributed by atoms with Crippen molar-refractivity contribution in [3.8, 4) is 0 Å². The molecule has 0 aliphatic carbocycles. The maximum atomic E-state index is 2.36. The first kappa shape index (κ1) is 17.2. The average Bonchev–Trinajstić information content (AvgIpc) is 2.39. The summed E-state index contributed by atoms with van der Waals surface area (Å²) in [6, 6.07) is 9.21. The molecule has 0 fully saturated rings. The van der Waals surface area contributed by atoms with Crippen molar-refractivity contribution < 1.29 is 0 Å². The number of rotatable bonds is 3. The lowest BCUT2D eigenvalue weighted by Gasteiger charge is -2.28. The van der Waals surface area contributed by atoms with Gasteiger partial charge in [0, 0.05) is 0 Å². The highest BCUT2D eigenvalue weighted by molar-refractivity contribution is 5.31. The molecule has 0 amide bonds. The summed E-state index contributed by atoms with van der Waals surface area (Å²) in [5, 5.41) is 0. The van der Waals surface area contributed by atoms with E-state index in [2.05, 4.69) is 65.8 Å². The van der Waals surface area contributed by atoms with E-state index in [0.29, 0.717) is 5.41 Å². The van der Waals surface area contributed by atoms with Gasteiger partial charge in [0.1, 0.15) is 0 Å². The molecule has 1 aromatic carbocycles. The third-order valence-corrected chi connectivity index (χ3v) is 4.01. The third-order valence-electron chi connectivity index (χ3n) is 4.01. The Labute approximate surface area is 115 Å². The summed E-state index contributed by atoms with van der Waals surface area (Å²) in [6.07, 6.45) is 2.41. The van der Waals surface area contributed by atoms with Crippen LogP contribution in [0.3, 0.4) is 0 Å². The van der Waals surface area contributed by atoms with Crippen molar-refractivity contribution in [2.24, 2.45) is 0 Å². The molecule has 104 valence electrons. The summed E-state index contributed by atoms with van der Waals surface area (Å²) in [5.74, 6) is 0. The minimum absolute atomic E-state index is 0.257. The summed E-state index contributed by atoms with van der Waals surface area (Å²) in [4.78, 5) is 0. The van der Waals surface area contributed by atoms with Gasteiger partial charge in [0.15, 0.2) is 0 Å². The van der Waals surface area contributed by atoms with E-state index in [1.54, 1.807) is 0 Å². The fraction of sp³-hybridized carbons (Fsp3) is 0.667. The predicted molar refractivity (Wildman–Crippen MR) is 84.4 cm³/mol. The van der Waals surface area contributed by atoms with Crippen LogP contribution in [-0.4, -0.2) is 0 Å². The molecule has 0 radical (unpaired) electrons. The van der Waals surface area contributed by atoms with Gasteiger partial charge in [0.05, 0.1) is 0 Å². The number of hydrogen-bond acceptors (Lipinski definition) is 0. The lowest BCUT2D eigenvalue weighted by atomic mass is 9.76. The molecule has 0 nitrogen and oxygen atoms in total. The van der Waals surface area contributed by atoms with E-state index in [1.165, 1.54) is 24.0 Å². The van der Waals surface area contributed by atoms with E-state index in [-0.39, 0.29) is 5.41 Å². The monoisotopic (exact) mass is 248 g/mol. The molecule has 0 saturated carbocycles. The van der Waals surface area contributed by atoms with Gasteiger partial charge in [-0.2, -0.15) is 0 Å². The largest absolute Gasteiger partial charge is 0.0683 e. The van der Waals surface area contributed by atoms with Crippen LogP contribution >= 0.6 is 0 Å². The Morgan fingerprint density at radius 3 is 1.33 bits per heavy atom. The molecule has 0 bridgehead atoms. The minimum Gasteiger partial charge on any atom is -0.0683 e. The van der Waals surface area contributed by atoms with Crippen molar-refractivity contribution in [1.29, 1.82) is 0 Å². The Balaban J connectivity index is 0.00000137. The first-order valence-corrected chi connectivity index (χ1v) is 7.44. The average molecular weight is 248 g/mol. The van der Waals surface area contributed by atoms with E-state index in [1.807, 2.05) is 13.8 Å². The Kier molecular flexibility index (Phi) is 6.67. The molecule has 0 heterocycles. The van der Waals surface area contributed by atoms with Crippen LogP contribution in [0.15, 0.2) is 24.3 Å². The van der Waals surface area contributed by atoms with Gasteiger partial charge in [-0.3, -0.25) is 0 Å². The van der Waals surface area contributed by atoms with E-state index in [0.717, 1.165) is 0 Å². The molecular weight excluding hydrogens is 216 g/mol. The molecule has 0 heteroatoms. The molecule has 0 aliphatic rings. The van der Waals surface area contributed by atoms with Gasteiger partial charge in [-0.15, -0.1) is 0 Å². The molecular formula is C18H32. The Bertz CT molecular complexity index is 320. The molecule has 1 aromatic rings. The van der Waals surface area contributed by atoms with Crippen molar-refractivity contribution in [3.63, 3.8) is 0 Å². The van der Waals surface area contributed by atoms with Crippen LogP contribution in [0.4, 0.5) is 0 Å². The third kappa shape index (κ3) is 4.15. The fourth-order valence-corrected chi connectivity index (χ4v) is 2.03. The first-order chi connectivity index (χ1) is 8.33. The lowest BCUT2D eigenvalue weighted by molar-refractivity contribution is 0.438. The van der Waals surface area contributed by atoms with Gasteiger partial charge in [-0.1, -0.05) is 79.7 Å². The molecule has 18 heavy (non-hydrogen) atoms. The predicted octanol–water partition coefficient (Wildman–Crippen LogP) is 6.09. The van der Waals surface area contributed by atoms with E-state index in [9.17, 15) is 0 Å². The van der Waals surface area contributed by atoms with Crippen LogP contribution in [0.5, 0.6) is 0 Å². The Morgan fingerprint density at radius 1 is 0.722 bits per heavy atom. The first-order valence-electron chi connectivity index (χ1n) is 7.44. The zero-order valence-corrected chi connectivity index (χ0v) is 13.7. The fourth-order valence-electron chi connectivity index (χ4n) is 2.03. The van der Waals surface area contributed by atoms with Crippen LogP contribution in [0.25, 0.3) is 0 Å². The minimum atomic E-state index is 0.257. The summed E-state index contributed by atoms with van der Waals surface area (Å²) < 4.78 is 0. The SMILES string of the molecule is CC.CCC(C)(CC)c1ccc(C(C)(C)C)cc1. The highest BCUT2D eigenvalue weighted by Crippen LogP contribution is 2.32. The van der Waals surface area contributed by atoms with Gasteiger partial charge in [-0.05, 0) is 34.8 Å². The maximum absolute atomic E-state index is 2.36. The highest BCUT2D eigenvalue weighted by Gasteiger charge is 2.22. The second-order valence-electron chi connectivity index (χ2n) is 6.10. The summed E-state index contributed by atoms with van der Waals surface area (Å²) >= 11 is 0.